The molecule has 0 saturated heterocycles. The number of hydrogen-bond donors (Lipinski definition) is 1. The summed E-state index contributed by atoms with van der Waals surface area (Å²) in [5, 5.41) is 2.88. The maximum Gasteiger partial charge on any atom is 0.291 e. The third-order valence-corrected chi connectivity index (χ3v) is 5.63. The van der Waals surface area contributed by atoms with Crippen molar-refractivity contribution in [1.82, 2.24) is 14.5 Å². The van der Waals surface area contributed by atoms with Crippen molar-refractivity contribution >= 4 is 22.6 Å². The Balaban J connectivity index is 1.39. The zero-order chi connectivity index (χ0) is 17.5. The molecule has 0 radical (unpaired) electrons. The summed E-state index contributed by atoms with van der Waals surface area (Å²) in [6, 6.07) is 10.0. The molecule has 6 heteroatoms. The van der Waals surface area contributed by atoms with E-state index in [1.54, 1.807) is 12.1 Å². The zero-order valence-corrected chi connectivity index (χ0v) is 14.6. The number of nitrogens with one attached hydrogen (secondary N) is 1. The third-order valence-electron chi connectivity index (χ3n) is 5.63. The Morgan fingerprint density at radius 3 is 2.88 bits per heavy atom. The Bertz CT molecular complexity index is 938. The van der Waals surface area contributed by atoms with Gasteiger partial charge in [-0.25, -0.2) is 4.98 Å². The Labute approximate surface area is 151 Å². The van der Waals surface area contributed by atoms with Crippen molar-refractivity contribution in [2.75, 3.05) is 11.9 Å². The van der Waals surface area contributed by atoms with Crippen LogP contribution < -0.4 is 5.32 Å². The Kier molecular flexibility index (Phi) is 3.78. The normalized spacial score (nSPS) is 18.3. The SMILES string of the molecule is O=C(Nc1ccc2c(c1)nc1n2CCN(C2CCCC2)C1)c1ccco1. The van der Waals surface area contributed by atoms with Gasteiger partial charge >= 0.3 is 0 Å². The first-order valence-corrected chi connectivity index (χ1v) is 9.36. The zero-order valence-electron chi connectivity index (χ0n) is 14.6. The average Bonchev–Trinajstić information content (AvgIpc) is 3.40. The topological polar surface area (TPSA) is 63.3 Å². The number of furan rings is 1. The van der Waals surface area contributed by atoms with Crippen molar-refractivity contribution in [3.63, 3.8) is 0 Å². The van der Waals surface area contributed by atoms with Gasteiger partial charge in [-0.2, -0.15) is 0 Å². The molecule has 5 rings (SSSR count). The molecule has 0 spiro atoms. The Morgan fingerprint density at radius 1 is 1.19 bits per heavy atom. The van der Waals surface area contributed by atoms with E-state index in [-0.39, 0.29) is 5.91 Å². The van der Waals surface area contributed by atoms with E-state index in [0.717, 1.165) is 48.2 Å². The summed E-state index contributed by atoms with van der Waals surface area (Å²) in [6.45, 7) is 3.01. The van der Waals surface area contributed by atoms with Crippen molar-refractivity contribution in [3.05, 3.63) is 48.2 Å². The maximum atomic E-state index is 12.2. The number of hydrogen-bond acceptors (Lipinski definition) is 4. The number of fused-ring (bicyclic) bond motifs is 3. The molecule has 2 aliphatic rings. The molecule has 0 unspecified atom stereocenters. The van der Waals surface area contributed by atoms with Crippen LogP contribution in [0.3, 0.4) is 0 Å². The van der Waals surface area contributed by atoms with Gasteiger partial charge in [0.25, 0.3) is 5.91 Å². The molecule has 1 aromatic carbocycles. The van der Waals surface area contributed by atoms with Crippen LogP contribution in [0.1, 0.15) is 42.1 Å². The van der Waals surface area contributed by atoms with Crippen LogP contribution in [0.25, 0.3) is 11.0 Å². The number of carbonyl (C=O) groups excluding carboxylic acids is 1. The van der Waals surface area contributed by atoms with E-state index < -0.39 is 0 Å². The second-order valence-electron chi connectivity index (χ2n) is 7.22. The molecule has 26 heavy (non-hydrogen) atoms. The van der Waals surface area contributed by atoms with Crippen LogP contribution >= 0.6 is 0 Å². The fourth-order valence-electron chi connectivity index (χ4n) is 4.30. The molecule has 1 aliphatic carbocycles. The predicted octanol–water partition coefficient (Wildman–Crippen LogP) is 3.64. The number of rotatable bonds is 3. The monoisotopic (exact) mass is 350 g/mol. The van der Waals surface area contributed by atoms with Crippen LogP contribution in [-0.4, -0.2) is 32.9 Å². The van der Waals surface area contributed by atoms with Crippen LogP contribution in [0, 0.1) is 0 Å². The quantitative estimate of drug-likeness (QED) is 0.783. The summed E-state index contributed by atoms with van der Waals surface area (Å²) in [5.74, 6) is 1.19. The van der Waals surface area contributed by atoms with Gasteiger partial charge in [0.05, 0.1) is 23.8 Å². The summed E-state index contributed by atoms with van der Waals surface area (Å²) in [7, 11) is 0. The first-order valence-electron chi connectivity index (χ1n) is 9.36. The lowest BCUT2D eigenvalue weighted by Gasteiger charge is -2.32. The molecular formula is C20H22N4O2. The number of nitrogens with zero attached hydrogens (tertiary/aromatic N) is 3. The lowest BCUT2D eigenvalue weighted by molar-refractivity contribution is 0.0996. The third kappa shape index (κ3) is 2.70. The Morgan fingerprint density at radius 2 is 2.08 bits per heavy atom. The van der Waals surface area contributed by atoms with Crippen molar-refractivity contribution in [3.8, 4) is 0 Å². The molecule has 3 heterocycles. The average molecular weight is 350 g/mol. The second-order valence-corrected chi connectivity index (χ2v) is 7.22. The van der Waals surface area contributed by atoms with Gasteiger partial charge in [0.15, 0.2) is 5.76 Å². The molecule has 1 saturated carbocycles. The molecule has 1 aliphatic heterocycles. The summed E-state index contributed by atoms with van der Waals surface area (Å²) >= 11 is 0. The van der Waals surface area contributed by atoms with Crippen molar-refractivity contribution < 1.29 is 9.21 Å². The van der Waals surface area contributed by atoms with E-state index in [9.17, 15) is 4.79 Å². The number of anilines is 1. The molecule has 3 aromatic rings. The van der Waals surface area contributed by atoms with Crippen LogP contribution in [-0.2, 0) is 13.1 Å². The van der Waals surface area contributed by atoms with E-state index >= 15 is 0 Å². The van der Waals surface area contributed by atoms with Gasteiger partial charge < -0.3 is 14.3 Å². The van der Waals surface area contributed by atoms with E-state index in [1.807, 2.05) is 12.1 Å². The van der Waals surface area contributed by atoms with Gasteiger partial charge in [-0.1, -0.05) is 12.8 Å². The molecule has 0 bridgehead atoms. The standard InChI is InChI=1S/C20H22N4O2/c25-20(18-6-3-11-26-18)21-14-7-8-17-16(12-14)22-19-13-23(9-10-24(17)19)15-4-1-2-5-15/h3,6-8,11-12,15H,1-2,4-5,9-10,13H2,(H,21,25). The van der Waals surface area contributed by atoms with Gasteiger partial charge in [0.1, 0.15) is 5.82 Å². The summed E-state index contributed by atoms with van der Waals surface area (Å²) in [4.78, 5) is 19.6. The first-order chi connectivity index (χ1) is 12.8. The van der Waals surface area contributed by atoms with Crippen LogP contribution in [0.15, 0.2) is 41.0 Å². The van der Waals surface area contributed by atoms with Gasteiger partial charge in [0, 0.05) is 24.8 Å². The van der Waals surface area contributed by atoms with E-state index in [0.29, 0.717) is 5.76 Å². The highest BCUT2D eigenvalue weighted by atomic mass is 16.3. The maximum absolute atomic E-state index is 12.2. The van der Waals surface area contributed by atoms with Gasteiger partial charge in [-0.15, -0.1) is 0 Å². The minimum absolute atomic E-state index is 0.245. The largest absolute Gasteiger partial charge is 0.459 e. The fraction of sp³-hybridized carbons (Fsp3) is 0.400. The van der Waals surface area contributed by atoms with Crippen molar-refractivity contribution in [1.29, 1.82) is 0 Å². The van der Waals surface area contributed by atoms with Crippen molar-refractivity contribution in [2.24, 2.45) is 0 Å². The van der Waals surface area contributed by atoms with Crippen LogP contribution in [0.5, 0.6) is 0 Å². The highest BCUT2D eigenvalue weighted by Gasteiger charge is 2.27. The van der Waals surface area contributed by atoms with Gasteiger partial charge in [0.2, 0.25) is 0 Å². The number of benzene rings is 1. The number of imidazole rings is 1. The summed E-state index contributed by atoms with van der Waals surface area (Å²) in [5.41, 5.74) is 2.81. The molecule has 0 atom stereocenters. The highest BCUT2D eigenvalue weighted by Crippen LogP contribution is 2.29. The van der Waals surface area contributed by atoms with Gasteiger partial charge in [-0.3, -0.25) is 9.69 Å². The van der Waals surface area contributed by atoms with Crippen LogP contribution in [0.4, 0.5) is 5.69 Å². The highest BCUT2D eigenvalue weighted by molar-refractivity contribution is 6.03. The number of carbonyl (C=O) groups is 1. The molecule has 1 fully saturated rings. The smallest absolute Gasteiger partial charge is 0.291 e. The summed E-state index contributed by atoms with van der Waals surface area (Å²) < 4.78 is 7.46. The molecule has 134 valence electrons. The molecule has 6 nitrogen and oxygen atoms in total. The lowest BCUT2D eigenvalue weighted by atomic mass is 10.2. The fourth-order valence-corrected chi connectivity index (χ4v) is 4.30. The number of aromatic nitrogens is 2. The molecular weight excluding hydrogens is 328 g/mol. The van der Waals surface area contributed by atoms with E-state index in [2.05, 4.69) is 20.9 Å². The van der Waals surface area contributed by atoms with E-state index in [1.165, 1.54) is 31.9 Å². The molecule has 1 amide bonds. The first kappa shape index (κ1) is 15.6. The number of amides is 1. The Hall–Kier alpha value is -2.60. The molecule has 2 aromatic heterocycles. The van der Waals surface area contributed by atoms with Crippen LogP contribution in [0.2, 0.25) is 0 Å². The minimum Gasteiger partial charge on any atom is -0.459 e. The predicted molar refractivity (Wildman–Crippen MR) is 99.1 cm³/mol. The van der Waals surface area contributed by atoms with Gasteiger partial charge in [-0.05, 0) is 43.2 Å². The summed E-state index contributed by atoms with van der Waals surface area (Å²) in [6.07, 6.45) is 6.86. The second kappa shape index (κ2) is 6.29. The minimum atomic E-state index is -0.245. The lowest BCUT2D eigenvalue weighted by Crippen LogP contribution is -2.39. The van der Waals surface area contributed by atoms with Crippen molar-refractivity contribution in [2.45, 2.75) is 44.8 Å². The molecule has 1 N–H and O–H groups in total. The van der Waals surface area contributed by atoms with E-state index in [4.69, 9.17) is 9.40 Å².